The van der Waals surface area contributed by atoms with E-state index in [4.69, 9.17) is 25.9 Å². The molecule has 158 valence electrons. The Balaban J connectivity index is 1.29. The fraction of sp³-hybridized carbons (Fsp3) is 0.524. The maximum Gasteiger partial charge on any atom is 0.243 e. The van der Waals surface area contributed by atoms with Crippen LogP contribution in [-0.4, -0.2) is 52.7 Å². The van der Waals surface area contributed by atoms with Crippen molar-refractivity contribution in [3.05, 3.63) is 35.4 Å². The van der Waals surface area contributed by atoms with Crippen molar-refractivity contribution in [3.8, 4) is 5.75 Å². The van der Waals surface area contributed by atoms with Gasteiger partial charge in [0.2, 0.25) is 5.90 Å². The maximum absolute atomic E-state index is 6.43. The molecule has 4 N–H and O–H groups in total. The minimum Gasteiger partial charge on any atom is -0.437 e. The highest BCUT2D eigenvalue weighted by atomic mass is 16.5. The number of aromatic nitrogens is 3. The number of nitrogens with two attached hydrogens (primary N) is 2. The van der Waals surface area contributed by atoms with Crippen molar-refractivity contribution in [1.29, 1.82) is 0 Å². The number of rotatable bonds is 2. The lowest BCUT2D eigenvalue weighted by atomic mass is 9.73. The lowest BCUT2D eigenvalue weighted by Gasteiger charge is -2.41. The maximum atomic E-state index is 6.43. The molecule has 0 saturated carbocycles. The summed E-state index contributed by atoms with van der Waals surface area (Å²) in [6, 6.07) is 1.88. The molecule has 0 bridgehead atoms. The van der Waals surface area contributed by atoms with Crippen molar-refractivity contribution < 1.29 is 9.47 Å². The number of ether oxygens (including phenoxy) is 2. The normalized spacial score (nSPS) is 24.8. The average molecular weight is 409 g/mol. The molecule has 9 nitrogen and oxygen atoms in total. The van der Waals surface area contributed by atoms with E-state index in [2.05, 4.69) is 26.8 Å². The molecule has 5 rings (SSSR count). The third-order valence-corrected chi connectivity index (χ3v) is 6.74. The minimum atomic E-state index is 0.0917. The number of piperidine rings is 1. The molecule has 0 aliphatic carbocycles. The monoisotopic (exact) mass is 409 g/mol. The van der Waals surface area contributed by atoms with E-state index in [-0.39, 0.29) is 17.6 Å². The quantitative estimate of drug-likeness (QED) is 0.763. The zero-order valence-electron chi connectivity index (χ0n) is 17.3. The number of hydrogen-bond acceptors (Lipinski definition) is 9. The zero-order valence-corrected chi connectivity index (χ0v) is 17.3. The van der Waals surface area contributed by atoms with Gasteiger partial charge in [0.1, 0.15) is 23.1 Å². The fourth-order valence-corrected chi connectivity index (χ4v) is 4.56. The van der Waals surface area contributed by atoms with Crippen molar-refractivity contribution in [2.24, 2.45) is 16.1 Å². The molecule has 5 heterocycles. The van der Waals surface area contributed by atoms with Gasteiger partial charge >= 0.3 is 0 Å². The summed E-state index contributed by atoms with van der Waals surface area (Å²) in [6.07, 6.45) is 5.57. The summed E-state index contributed by atoms with van der Waals surface area (Å²) in [5.41, 5.74) is 14.7. The van der Waals surface area contributed by atoms with Crippen molar-refractivity contribution in [1.82, 2.24) is 15.0 Å². The molecule has 2 aromatic heterocycles. The van der Waals surface area contributed by atoms with Crippen LogP contribution in [0.25, 0.3) is 0 Å². The van der Waals surface area contributed by atoms with Gasteiger partial charge in [-0.05, 0) is 32.8 Å². The molecule has 2 saturated heterocycles. The summed E-state index contributed by atoms with van der Waals surface area (Å²) in [6.45, 7) is 6.95. The van der Waals surface area contributed by atoms with E-state index in [1.807, 2.05) is 13.1 Å². The number of hydrogen-bond donors (Lipinski definition) is 2. The number of anilines is 2. The summed E-state index contributed by atoms with van der Waals surface area (Å²) < 4.78 is 11.8. The Labute approximate surface area is 175 Å². The van der Waals surface area contributed by atoms with Gasteiger partial charge in [-0.2, -0.15) is 0 Å². The Morgan fingerprint density at radius 2 is 2.07 bits per heavy atom. The van der Waals surface area contributed by atoms with Crippen LogP contribution in [-0.2, 0) is 11.3 Å². The molecule has 2 fully saturated rings. The number of nitrogens with zero attached hydrogens (tertiary/aromatic N) is 5. The third kappa shape index (κ3) is 3.09. The molecule has 2 aromatic rings. The summed E-state index contributed by atoms with van der Waals surface area (Å²) in [5, 5.41) is 0. The molecule has 3 aliphatic heterocycles. The molecule has 0 radical (unpaired) electrons. The van der Waals surface area contributed by atoms with Gasteiger partial charge in [-0.1, -0.05) is 0 Å². The first kappa shape index (κ1) is 19.2. The van der Waals surface area contributed by atoms with Gasteiger partial charge in [-0.25, -0.2) is 19.9 Å². The van der Waals surface area contributed by atoms with Crippen molar-refractivity contribution >= 4 is 17.5 Å². The van der Waals surface area contributed by atoms with Crippen LogP contribution in [0, 0.1) is 12.3 Å². The van der Waals surface area contributed by atoms with Crippen LogP contribution in [0.3, 0.4) is 0 Å². The molecule has 9 heteroatoms. The summed E-state index contributed by atoms with van der Waals surface area (Å²) in [7, 11) is 0. The molecule has 0 amide bonds. The van der Waals surface area contributed by atoms with Gasteiger partial charge in [0.05, 0.1) is 31.1 Å². The van der Waals surface area contributed by atoms with Gasteiger partial charge in [0, 0.05) is 36.3 Å². The topological polar surface area (TPSA) is 125 Å². The van der Waals surface area contributed by atoms with E-state index in [9.17, 15) is 0 Å². The van der Waals surface area contributed by atoms with E-state index in [1.54, 1.807) is 12.3 Å². The van der Waals surface area contributed by atoms with Gasteiger partial charge in [-0.15, -0.1) is 0 Å². The Hall–Kier alpha value is -2.78. The van der Waals surface area contributed by atoms with Crippen LogP contribution in [0.15, 0.2) is 23.5 Å². The van der Waals surface area contributed by atoms with E-state index >= 15 is 0 Å². The van der Waals surface area contributed by atoms with Crippen LogP contribution in [0.1, 0.15) is 36.7 Å². The predicted octanol–water partition coefficient (Wildman–Crippen LogP) is 1.43. The highest BCUT2D eigenvalue weighted by Gasteiger charge is 2.47. The average Bonchev–Trinajstić information content (AvgIpc) is 3.28. The van der Waals surface area contributed by atoms with Crippen LogP contribution >= 0.6 is 0 Å². The first-order chi connectivity index (χ1) is 14.5. The molecule has 0 aromatic carbocycles. The second kappa shape index (κ2) is 7.17. The van der Waals surface area contributed by atoms with Crippen molar-refractivity contribution in [3.63, 3.8) is 0 Å². The largest absolute Gasteiger partial charge is 0.437 e. The molecular weight excluding hydrogens is 382 g/mol. The lowest BCUT2D eigenvalue weighted by molar-refractivity contribution is 0.0974. The zero-order chi connectivity index (χ0) is 20.9. The van der Waals surface area contributed by atoms with Gasteiger partial charge in [0.25, 0.3) is 0 Å². The Kier molecular flexibility index (Phi) is 4.59. The standard InChI is InChI=1S/C21H27N7O2/c1-12-15(3-6-24-19(12)23)30-20-17-14(9-26-20)27-16(10-25-17)28-7-4-21(5-8-28)11-29-13(2)18(21)22/h3,6,10,13,18H,4-5,7-9,11,22H2,1-2H3,(H2,23,24)/t13-,18+/m0/s1. The van der Waals surface area contributed by atoms with Crippen LogP contribution in [0.5, 0.6) is 5.75 Å². The Bertz CT molecular complexity index is 1000. The molecule has 2 atom stereocenters. The van der Waals surface area contributed by atoms with E-state index in [0.717, 1.165) is 49.6 Å². The number of pyridine rings is 1. The van der Waals surface area contributed by atoms with Crippen molar-refractivity contribution in [2.45, 2.75) is 45.4 Å². The molecule has 0 unspecified atom stereocenters. The molecular formula is C21H27N7O2. The highest BCUT2D eigenvalue weighted by Crippen LogP contribution is 2.41. The number of fused-ring (bicyclic) bond motifs is 1. The van der Waals surface area contributed by atoms with Crippen molar-refractivity contribution in [2.75, 3.05) is 30.3 Å². The second-order valence-corrected chi connectivity index (χ2v) is 8.46. The number of nitrogen functional groups attached to an aromatic ring is 1. The highest BCUT2D eigenvalue weighted by molar-refractivity contribution is 5.97. The van der Waals surface area contributed by atoms with E-state index < -0.39 is 0 Å². The smallest absolute Gasteiger partial charge is 0.243 e. The molecule has 3 aliphatic rings. The van der Waals surface area contributed by atoms with Gasteiger partial charge < -0.3 is 25.8 Å². The molecule has 30 heavy (non-hydrogen) atoms. The summed E-state index contributed by atoms with van der Waals surface area (Å²) >= 11 is 0. The van der Waals surface area contributed by atoms with E-state index in [1.165, 1.54) is 0 Å². The predicted molar refractivity (Wildman–Crippen MR) is 114 cm³/mol. The lowest BCUT2D eigenvalue weighted by Crippen LogP contribution is -2.50. The minimum absolute atomic E-state index is 0.0917. The van der Waals surface area contributed by atoms with Crippen LogP contribution in [0.4, 0.5) is 11.6 Å². The summed E-state index contributed by atoms with van der Waals surface area (Å²) in [5.74, 6) is 2.42. The fourth-order valence-electron chi connectivity index (χ4n) is 4.56. The third-order valence-electron chi connectivity index (χ3n) is 6.74. The second-order valence-electron chi connectivity index (χ2n) is 8.46. The van der Waals surface area contributed by atoms with E-state index in [0.29, 0.717) is 29.7 Å². The Morgan fingerprint density at radius 3 is 2.80 bits per heavy atom. The van der Waals surface area contributed by atoms with Crippen LogP contribution < -0.4 is 21.1 Å². The van der Waals surface area contributed by atoms with Crippen LogP contribution in [0.2, 0.25) is 0 Å². The first-order valence-corrected chi connectivity index (χ1v) is 10.4. The number of aliphatic imine (C=N–C) groups is 1. The Morgan fingerprint density at radius 1 is 1.27 bits per heavy atom. The SMILES string of the molecule is Cc1c(OC2=NCc3nc(N4CCC5(CC4)CO[C@@H](C)[C@H]5N)cnc32)ccnc1N. The van der Waals surface area contributed by atoms with Gasteiger partial charge in [-0.3, -0.25) is 0 Å². The first-order valence-electron chi connectivity index (χ1n) is 10.4. The summed E-state index contributed by atoms with van der Waals surface area (Å²) in [4.78, 5) is 20.3. The van der Waals surface area contributed by atoms with Gasteiger partial charge in [0.15, 0.2) is 0 Å². The molecule has 1 spiro atoms.